The molecule has 0 bridgehead atoms. The molecule has 0 spiro atoms. The van der Waals surface area contributed by atoms with Crippen LogP contribution in [-0.2, 0) is 11.3 Å². The molecule has 0 saturated heterocycles. The average Bonchev–Trinajstić information content (AvgIpc) is 3.03. The number of halogens is 1. The number of hydrogen-bond donors (Lipinski definition) is 2. The largest absolute Gasteiger partial charge is 0.490 e. The Morgan fingerprint density at radius 1 is 1.30 bits per heavy atom. The van der Waals surface area contributed by atoms with Crippen LogP contribution in [0.5, 0.6) is 11.5 Å². The molecule has 8 nitrogen and oxygen atoms in total. The van der Waals surface area contributed by atoms with Gasteiger partial charge in [0, 0.05) is 17.8 Å². The lowest BCUT2D eigenvalue weighted by atomic mass is 10.2. The third-order valence-corrected chi connectivity index (χ3v) is 3.78. The first-order chi connectivity index (χ1) is 12.9. The molecule has 0 radical (unpaired) electrons. The first kappa shape index (κ1) is 20.6. The Bertz CT molecular complexity index is 806. The molecule has 0 aliphatic rings. The molecule has 146 valence electrons. The van der Waals surface area contributed by atoms with Crippen LogP contribution in [0.15, 0.2) is 24.4 Å². The van der Waals surface area contributed by atoms with Crippen LogP contribution in [0.3, 0.4) is 0 Å². The fourth-order valence-corrected chi connectivity index (χ4v) is 2.53. The zero-order valence-corrected chi connectivity index (χ0v) is 16.0. The first-order valence-electron chi connectivity index (χ1n) is 8.60. The van der Waals surface area contributed by atoms with Gasteiger partial charge >= 0.3 is 5.97 Å². The summed E-state index contributed by atoms with van der Waals surface area (Å²) in [5, 5.41) is 15.6. The molecule has 1 amide bonds. The van der Waals surface area contributed by atoms with Crippen molar-refractivity contribution in [1.82, 2.24) is 9.78 Å². The van der Waals surface area contributed by atoms with Crippen molar-refractivity contribution < 1.29 is 24.2 Å². The van der Waals surface area contributed by atoms with Gasteiger partial charge in [0.2, 0.25) is 0 Å². The Labute approximate surface area is 162 Å². The van der Waals surface area contributed by atoms with E-state index in [1.165, 1.54) is 23.0 Å². The van der Waals surface area contributed by atoms with Crippen molar-refractivity contribution in [1.29, 1.82) is 0 Å². The molecule has 9 heteroatoms. The molecule has 0 aliphatic heterocycles. The minimum atomic E-state index is -1.03. The Hall–Kier alpha value is -2.74. The van der Waals surface area contributed by atoms with Gasteiger partial charge in [-0.25, -0.2) is 0 Å². The molecule has 2 N–H and O–H groups in total. The summed E-state index contributed by atoms with van der Waals surface area (Å²) in [6, 6.07) is 4.56. The van der Waals surface area contributed by atoms with Crippen molar-refractivity contribution in [3.8, 4) is 11.5 Å². The molecule has 0 saturated carbocycles. The van der Waals surface area contributed by atoms with Crippen LogP contribution < -0.4 is 14.8 Å². The number of aromatic nitrogens is 2. The third-order valence-electron chi connectivity index (χ3n) is 3.50. The number of benzene rings is 1. The number of carbonyl (C=O) groups excluding carboxylic acids is 1. The van der Waals surface area contributed by atoms with Crippen LogP contribution >= 0.6 is 11.6 Å². The van der Waals surface area contributed by atoms with Crippen molar-refractivity contribution >= 4 is 29.3 Å². The zero-order valence-electron chi connectivity index (χ0n) is 15.2. The summed E-state index contributed by atoms with van der Waals surface area (Å²) in [4.78, 5) is 23.2. The number of carbonyl (C=O) groups is 2. The van der Waals surface area contributed by atoms with E-state index in [0.717, 1.165) is 12.8 Å². The number of hydrogen-bond acceptors (Lipinski definition) is 5. The molecular formula is C18H22ClN3O5. The van der Waals surface area contributed by atoms with Crippen LogP contribution in [0.4, 0.5) is 5.82 Å². The second kappa shape index (κ2) is 9.82. The average molecular weight is 396 g/mol. The van der Waals surface area contributed by atoms with Crippen molar-refractivity contribution in [2.45, 2.75) is 33.2 Å². The van der Waals surface area contributed by atoms with Gasteiger partial charge in [-0.3, -0.25) is 14.3 Å². The van der Waals surface area contributed by atoms with Crippen LogP contribution in [-0.4, -0.2) is 40.0 Å². The molecular weight excluding hydrogens is 374 g/mol. The Morgan fingerprint density at radius 3 is 2.74 bits per heavy atom. The van der Waals surface area contributed by atoms with Gasteiger partial charge in [-0.05, 0) is 25.5 Å². The fraction of sp³-hybridized carbons (Fsp3) is 0.389. The maximum Gasteiger partial charge on any atom is 0.325 e. The van der Waals surface area contributed by atoms with Gasteiger partial charge in [0.1, 0.15) is 6.54 Å². The number of nitrogens with one attached hydrogen (secondary N) is 1. The molecule has 1 aromatic heterocycles. The SMILES string of the molecule is CCCCOc1c(Cl)cc(C(=O)Nc2ccn(CC(=O)O)n2)cc1OCC. The minimum Gasteiger partial charge on any atom is -0.490 e. The van der Waals surface area contributed by atoms with Crippen molar-refractivity contribution in [2.75, 3.05) is 18.5 Å². The summed E-state index contributed by atoms with van der Waals surface area (Å²) >= 11 is 6.29. The highest BCUT2D eigenvalue weighted by atomic mass is 35.5. The predicted octanol–water partition coefficient (Wildman–Crippen LogP) is 3.45. The summed E-state index contributed by atoms with van der Waals surface area (Å²) in [5.41, 5.74) is 0.277. The molecule has 1 aromatic carbocycles. The lowest BCUT2D eigenvalue weighted by Crippen LogP contribution is -2.14. The minimum absolute atomic E-state index is 0.235. The molecule has 0 fully saturated rings. The quantitative estimate of drug-likeness (QED) is 0.597. The Kier molecular flexibility index (Phi) is 7.48. The van der Waals surface area contributed by atoms with Crippen molar-refractivity contribution in [3.63, 3.8) is 0 Å². The normalized spacial score (nSPS) is 10.5. The van der Waals surface area contributed by atoms with Gasteiger partial charge < -0.3 is 19.9 Å². The number of ether oxygens (including phenoxy) is 2. The van der Waals surface area contributed by atoms with E-state index in [9.17, 15) is 9.59 Å². The zero-order chi connectivity index (χ0) is 19.8. The van der Waals surface area contributed by atoms with Crippen molar-refractivity contribution in [3.05, 3.63) is 35.0 Å². The standard InChI is InChI=1S/C18H22ClN3O5/c1-3-5-8-27-17-13(19)9-12(10-14(17)26-4-2)18(25)20-15-6-7-22(21-15)11-16(23)24/h6-7,9-10H,3-5,8,11H2,1-2H3,(H,23,24)(H,20,21,25). The first-order valence-corrected chi connectivity index (χ1v) is 8.98. The number of anilines is 1. The van der Waals surface area contributed by atoms with E-state index in [1.54, 1.807) is 6.07 Å². The summed E-state index contributed by atoms with van der Waals surface area (Å²) in [6.45, 7) is 4.49. The molecule has 0 atom stereocenters. The van der Waals surface area contributed by atoms with Crippen LogP contribution in [0.2, 0.25) is 5.02 Å². The maximum atomic E-state index is 12.5. The highest BCUT2D eigenvalue weighted by Gasteiger charge is 2.17. The highest BCUT2D eigenvalue weighted by molar-refractivity contribution is 6.32. The van der Waals surface area contributed by atoms with E-state index in [-0.39, 0.29) is 22.9 Å². The Morgan fingerprint density at radius 2 is 2.07 bits per heavy atom. The van der Waals surface area contributed by atoms with Gasteiger partial charge in [-0.15, -0.1) is 0 Å². The predicted molar refractivity (Wildman–Crippen MR) is 101 cm³/mol. The molecule has 27 heavy (non-hydrogen) atoms. The number of aliphatic carboxylic acids is 1. The maximum absolute atomic E-state index is 12.5. The highest BCUT2D eigenvalue weighted by Crippen LogP contribution is 2.37. The third kappa shape index (κ3) is 5.89. The monoisotopic (exact) mass is 395 g/mol. The van der Waals surface area contributed by atoms with Crippen molar-refractivity contribution in [2.24, 2.45) is 0 Å². The number of unbranched alkanes of at least 4 members (excludes halogenated alkanes) is 1. The van der Waals surface area contributed by atoms with E-state index in [1.807, 2.05) is 6.92 Å². The summed E-state index contributed by atoms with van der Waals surface area (Å²) in [6.07, 6.45) is 3.33. The van der Waals surface area contributed by atoms with Crippen LogP contribution in [0, 0.1) is 0 Å². The summed E-state index contributed by atoms with van der Waals surface area (Å²) in [5.74, 6) is -0.433. The number of amides is 1. The lowest BCUT2D eigenvalue weighted by molar-refractivity contribution is -0.137. The number of nitrogens with zero attached hydrogens (tertiary/aromatic N) is 2. The molecule has 2 aromatic rings. The Balaban J connectivity index is 2.17. The van der Waals surface area contributed by atoms with Gasteiger partial charge in [0.15, 0.2) is 17.3 Å². The molecule has 2 rings (SSSR count). The fourth-order valence-electron chi connectivity index (χ4n) is 2.26. The van der Waals surface area contributed by atoms with E-state index >= 15 is 0 Å². The van der Waals surface area contributed by atoms with Gasteiger partial charge in [-0.1, -0.05) is 24.9 Å². The topological polar surface area (TPSA) is 103 Å². The van der Waals surface area contributed by atoms with E-state index < -0.39 is 11.9 Å². The molecule has 1 heterocycles. The summed E-state index contributed by atoms with van der Waals surface area (Å²) < 4.78 is 12.5. The second-order valence-corrected chi connectivity index (χ2v) is 6.07. The van der Waals surface area contributed by atoms with Gasteiger partial charge in [-0.2, -0.15) is 5.10 Å². The van der Waals surface area contributed by atoms with Crippen LogP contribution in [0.1, 0.15) is 37.0 Å². The van der Waals surface area contributed by atoms with E-state index in [0.29, 0.717) is 24.7 Å². The van der Waals surface area contributed by atoms with Gasteiger partial charge in [0.05, 0.1) is 18.2 Å². The molecule has 0 unspecified atom stereocenters. The van der Waals surface area contributed by atoms with Gasteiger partial charge in [0.25, 0.3) is 5.91 Å². The number of carboxylic acid groups (broad SMARTS) is 1. The summed E-state index contributed by atoms with van der Waals surface area (Å²) in [7, 11) is 0. The van der Waals surface area contributed by atoms with E-state index in [2.05, 4.69) is 17.3 Å². The smallest absolute Gasteiger partial charge is 0.325 e. The molecule has 0 aliphatic carbocycles. The number of carboxylic acids is 1. The van der Waals surface area contributed by atoms with E-state index in [4.69, 9.17) is 26.2 Å². The second-order valence-electron chi connectivity index (χ2n) is 5.67. The van der Waals surface area contributed by atoms with Crippen LogP contribution in [0.25, 0.3) is 0 Å². The lowest BCUT2D eigenvalue weighted by Gasteiger charge is -2.15. The number of rotatable bonds is 10.